The Balaban J connectivity index is 2.07. The molecule has 134 valence electrons. The van der Waals surface area contributed by atoms with Gasteiger partial charge in [0.2, 0.25) is 0 Å². The Morgan fingerprint density at radius 1 is 1.44 bits per heavy atom. The first-order valence-electron chi connectivity index (χ1n) is 8.43. The topological polar surface area (TPSA) is 66.2 Å². The van der Waals surface area contributed by atoms with Crippen LogP contribution in [0.5, 0.6) is 0 Å². The summed E-state index contributed by atoms with van der Waals surface area (Å²) in [5.74, 6) is 1.76. The smallest absolute Gasteiger partial charge is 0.252 e. The van der Waals surface area contributed by atoms with Gasteiger partial charge in [-0.15, -0.1) is 0 Å². The van der Waals surface area contributed by atoms with Crippen molar-refractivity contribution in [1.82, 2.24) is 15.6 Å². The summed E-state index contributed by atoms with van der Waals surface area (Å²) < 4.78 is 5.25. The van der Waals surface area contributed by atoms with Gasteiger partial charge >= 0.3 is 0 Å². The molecule has 1 heterocycles. The monoisotopic (exact) mass is 341 g/mol. The van der Waals surface area contributed by atoms with Crippen LogP contribution in [0.25, 0.3) is 12.2 Å². The molecular weight excluding hydrogens is 314 g/mol. The van der Waals surface area contributed by atoms with E-state index in [1.807, 2.05) is 25.3 Å². The van der Waals surface area contributed by atoms with Gasteiger partial charge in [-0.2, -0.15) is 0 Å². The van der Waals surface area contributed by atoms with Crippen LogP contribution in [0, 0.1) is 12.8 Å². The highest BCUT2D eigenvalue weighted by Gasteiger charge is 2.21. The lowest BCUT2D eigenvalue weighted by Crippen LogP contribution is -2.32. The van der Waals surface area contributed by atoms with E-state index in [0.717, 1.165) is 29.3 Å². The quantitative estimate of drug-likeness (QED) is 0.366. The number of amides is 1. The highest BCUT2D eigenvalue weighted by molar-refractivity contribution is 5.98. The molecule has 0 spiro atoms. The molecule has 1 aromatic rings. The van der Waals surface area contributed by atoms with Gasteiger partial charge < -0.3 is 20.4 Å². The first-order chi connectivity index (χ1) is 11.9. The van der Waals surface area contributed by atoms with E-state index in [2.05, 4.69) is 28.8 Å². The summed E-state index contributed by atoms with van der Waals surface area (Å²) in [5, 5.41) is 5.95. The van der Waals surface area contributed by atoms with E-state index in [0.29, 0.717) is 17.2 Å². The number of carbonyl (C=O) groups excluding carboxylic acids is 1. The van der Waals surface area contributed by atoms with Crippen molar-refractivity contribution in [2.45, 2.75) is 26.7 Å². The van der Waals surface area contributed by atoms with Crippen molar-refractivity contribution in [2.24, 2.45) is 5.92 Å². The molecule has 0 atom stereocenters. The molecule has 0 saturated heterocycles. The summed E-state index contributed by atoms with van der Waals surface area (Å²) in [6, 6.07) is 0. The number of nitrogens with one attached hydrogen (secondary N) is 3. The highest BCUT2D eigenvalue weighted by Crippen LogP contribution is 2.27. The fourth-order valence-electron chi connectivity index (χ4n) is 2.38. The van der Waals surface area contributed by atoms with Gasteiger partial charge in [0, 0.05) is 29.6 Å². The average molecular weight is 341 g/mol. The number of aryl methyl sites for hydroxylation is 1. The number of ether oxygens (including phenoxy) is 1. The van der Waals surface area contributed by atoms with Crippen molar-refractivity contribution in [3.05, 3.63) is 59.4 Å². The molecule has 0 bridgehead atoms. The van der Waals surface area contributed by atoms with E-state index in [1.165, 1.54) is 12.8 Å². The van der Waals surface area contributed by atoms with Gasteiger partial charge in [0.1, 0.15) is 5.76 Å². The summed E-state index contributed by atoms with van der Waals surface area (Å²) in [5.41, 5.74) is 3.47. The third-order valence-corrected chi connectivity index (χ3v) is 4.18. The molecule has 1 fully saturated rings. The van der Waals surface area contributed by atoms with Crippen LogP contribution < -0.4 is 10.6 Å². The summed E-state index contributed by atoms with van der Waals surface area (Å²) >= 11 is 0. The molecule has 5 nitrogen and oxygen atoms in total. The third-order valence-electron chi connectivity index (χ3n) is 4.18. The number of allylic oxidation sites excluding steroid dienone is 1. The number of rotatable bonds is 9. The van der Waals surface area contributed by atoms with Crippen molar-refractivity contribution in [1.29, 1.82) is 0 Å². The average Bonchev–Trinajstić information content (AvgIpc) is 3.36. The van der Waals surface area contributed by atoms with E-state index < -0.39 is 0 Å². The summed E-state index contributed by atoms with van der Waals surface area (Å²) in [6.45, 7) is 12.2. The van der Waals surface area contributed by atoms with E-state index in [9.17, 15) is 4.79 Å². The lowest BCUT2D eigenvalue weighted by Gasteiger charge is -2.11. The normalized spacial score (nSPS) is 14.8. The van der Waals surface area contributed by atoms with Crippen LogP contribution in [0.2, 0.25) is 0 Å². The van der Waals surface area contributed by atoms with Crippen LogP contribution >= 0.6 is 0 Å². The van der Waals surface area contributed by atoms with E-state index in [1.54, 1.807) is 20.1 Å². The van der Waals surface area contributed by atoms with Gasteiger partial charge in [0.15, 0.2) is 0 Å². The maximum atomic E-state index is 12.3. The predicted octanol–water partition coefficient (Wildman–Crippen LogP) is 3.49. The lowest BCUT2D eigenvalue weighted by molar-refractivity contribution is -0.116. The van der Waals surface area contributed by atoms with Crippen LogP contribution in [0.3, 0.4) is 0 Å². The summed E-state index contributed by atoms with van der Waals surface area (Å²) in [7, 11) is 1.60. The largest absolute Gasteiger partial charge is 0.497 e. The molecule has 1 amide bonds. The molecule has 5 heteroatoms. The Morgan fingerprint density at radius 3 is 2.76 bits per heavy atom. The lowest BCUT2D eigenvalue weighted by atomic mass is 10.1. The van der Waals surface area contributed by atoms with Crippen molar-refractivity contribution in [3.8, 4) is 0 Å². The van der Waals surface area contributed by atoms with Gasteiger partial charge in [-0.05, 0) is 56.4 Å². The molecule has 0 aromatic carbocycles. The molecule has 1 aliphatic carbocycles. The Hall–Kier alpha value is -2.69. The molecule has 2 rings (SSSR count). The van der Waals surface area contributed by atoms with Crippen LogP contribution in [-0.2, 0) is 9.53 Å². The molecule has 0 aliphatic heterocycles. The molecular formula is C20H27N3O2. The number of carbonyl (C=O) groups is 1. The maximum absolute atomic E-state index is 12.3. The van der Waals surface area contributed by atoms with Gasteiger partial charge in [-0.25, -0.2) is 0 Å². The highest BCUT2D eigenvalue weighted by atomic mass is 16.5. The van der Waals surface area contributed by atoms with Crippen molar-refractivity contribution < 1.29 is 9.53 Å². The van der Waals surface area contributed by atoms with Crippen LogP contribution in [0.1, 0.15) is 36.6 Å². The Bertz CT molecular complexity index is 721. The predicted molar refractivity (Wildman–Crippen MR) is 102 cm³/mol. The number of methoxy groups -OCH3 is 1. The second kappa shape index (κ2) is 8.42. The number of aromatic nitrogens is 1. The van der Waals surface area contributed by atoms with Crippen molar-refractivity contribution >= 4 is 18.1 Å². The number of hydrogen-bond acceptors (Lipinski definition) is 3. The SMILES string of the molecule is C=C/C(=C\c1c(/C=C(\C)C(=O)NC(=C)NCC2CC2)c[nH]c1C)OC. The maximum Gasteiger partial charge on any atom is 0.252 e. The van der Waals surface area contributed by atoms with Gasteiger partial charge in [0.25, 0.3) is 5.91 Å². The van der Waals surface area contributed by atoms with E-state index >= 15 is 0 Å². The number of aromatic amines is 1. The van der Waals surface area contributed by atoms with Crippen molar-refractivity contribution in [3.63, 3.8) is 0 Å². The molecule has 1 saturated carbocycles. The van der Waals surface area contributed by atoms with Gasteiger partial charge in [-0.1, -0.05) is 13.2 Å². The molecule has 0 radical (unpaired) electrons. The summed E-state index contributed by atoms with van der Waals surface area (Å²) in [6.07, 6.45) is 9.76. The zero-order chi connectivity index (χ0) is 18.4. The van der Waals surface area contributed by atoms with Gasteiger partial charge in [0.05, 0.1) is 12.9 Å². The van der Waals surface area contributed by atoms with E-state index in [-0.39, 0.29) is 5.91 Å². The molecule has 25 heavy (non-hydrogen) atoms. The minimum Gasteiger partial charge on any atom is -0.497 e. The molecule has 3 N–H and O–H groups in total. The third kappa shape index (κ3) is 5.41. The van der Waals surface area contributed by atoms with Crippen molar-refractivity contribution in [2.75, 3.05) is 13.7 Å². The second-order valence-electron chi connectivity index (χ2n) is 6.32. The fraction of sp³-hybridized carbons (Fsp3) is 0.350. The van der Waals surface area contributed by atoms with Crippen LogP contribution in [0.4, 0.5) is 0 Å². The standard InChI is InChI=1S/C20H27N3O2/c1-6-18(25-5)10-19-14(3)21-12-17(19)9-13(2)20(24)23-15(4)22-11-16-7-8-16/h6,9-10,12,16,21-22H,1,4,7-8,11H2,2-3,5H3,(H,23,24)/b13-9+,18-10+. The second-order valence-corrected chi connectivity index (χ2v) is 6.32. The number of hydrogen-bond donors (Lipinski definition) is 3. The summed E-state index contributed by atoms with van der Waals surface area (Å²) in [4.78, 5) is 15.5. The minimum atomic E-state index is -0.169. The minimum absolute atomic E-state index is 0.169. The molecule has 0 unspecified atom stereocenters. The van der Waals surface area contributed by atoms with Crippen LogP contribution in [0.15, 0.2) is 42.6 Å². The zero-order valence-corrected chi connectivity index (χ0v) is 15.2. The zero-order valence-electron chi connectivity index (χ0n) is 15.2. The first-order valence-corrected chi connectivity index (χ1v) is 8.43. The Labute approximate surface area is 149 Å². The molecule has 1 aliphatic rings. The van der Waals surface area contributed by atoms with Gasteiger partial charge in [-0.3, -0.25) is 4.79 Å². The van der Waals surface area contributed by atoms with Crippen LogP contribution in [-0.4, -0.2) is 24.5 Å². The Kier molecular flexibility index (Phi) is 6.28. The van der Waals surface area contributed by atoms with E-state index in [4.69, 9.17) is 4.74 Å². The Morgan fingerprint density at radius 2 is 2.16 bits per heavy atom. The molecule has 1 aromatic heterocycles. The first kappa shape index (κ1) is 18.6. The number of H-pyrrole nitrogens is 1. The fourth-order valence-corrected chi connectivity index (χ4v) is 2.38.